The van der Waals surface area contributed by atoms with Gasteiger partial charge >= 0.3 is 27.0 Å². The second-order valence-electron chi connectivity index (χ2n) is 4.47. The van der Waals surface area contributed by atoms with Crippen LogP contribution in [-0.4, -0.2) is 32.5 Å². The van der Waals surface area contributed by atoms with E-state index >= 15 is 0 Å². The van der Waals surface area contributed by atoms with E-state index in [-0.39, 0.29) is 6.42 Å². The molecule has 0 aromatic heterocycles. The Balaban J connectivity index is 0. The molecule has 0 saturated heterocycles. The molecule has 0 heterocycles. The molecule has 0 radical (unpaired) electrons. The van der Waals surface area contributed by atoms with Crippen molar-refractivity contribution in [2.45, 2.75) is 76.8 Å². The van der Waals surface area contributed by atoms with Gasteiger partial charge in [-0.05, 0) is 6.42 Å². The molecule has 0 bridgehead atoms. The molecule has 0 fully saturated rings. The van der Waals surface area contributed by atoms with Crippen molar-refractivity contribution in [1.82, 2.24) is 0 Å². The zero-order valence-corrected chi connectivity index (χ0v) is 12.5. The van der Waals surface area contributed by atoms with E-state index < -0.39 is 12.1 Å². The number of unbranched alkanes of at least 4 members (excludes halogenated alkanes) is 7. The Morgan fingerprint density at radius 3 is 1.67 bits per heavy atom. The molecule has 0 aromatic carbocycles. The van der Waals surface area contributed by atoms with Crippen LogP contribution in [0.15, 0.2) is 0 Å². The van der Waals surface area contributed by atoms with Gasteiger partial charge in [-0.2, -0.15) is 0 Å². The van der Waals surface area contributed by atoms with Crippen LogP contribution in [0.5, 0.6) is 0 Å². The van der Waals surface area contributed by atoms with E-state index in [1.54, 1.807) is 0 Å². The van der Waals surface area contributed by atoms with E-state index in [9.17, 15) is 0 Å². The molecule has 6 heteroatoms. The van der Waals surface area contributed by atoms with Crippen LogP contribution in [0.3, 0.4) is 0 Å². The molecule has 0 rings (SSSR count). The molecular formula is C12H26O5V. The Hall–Kier alpha value is 0.224. The summed E-state index contributed by atoms with van der Waals surface area (Å²) in [7, 11) is 0. The molecule has 0 saturated carbocycles. The van der Waals surface area contributed by atoms with Crippen LogP contribution in [-0.2, 0) is 21.0 Å². The van der Waals surface area contributed by atoms with Crippen molar-refractivity contribution in [1.29, 1.82) is 0 Å². The number of aliphatic hydroxyl groups excluding tert-OH is 1. The maximum absolute atomic E-state index is 9.11. The second kappa shape index (κ2) is 13.7. The van der Waals surface area contributed by atoms with Gasteiger partial charge in [0.25, 0.3) is 0 Å². The molecule has 1 unspecified atom stereocenters. The predicted octanol–water partition coefficient (Wildman–Crippen LogP) is 1.39. The summed E-state index contributed by atoms with van der Waals surface area (Å²) in [6, 6.07) is 0. The van der Waals surface area contributed by atoms with Crippen molar-refractivity contribution in [3.05, 3.63) is 0 Å². The fourth-order valence-corrected chi connectivity index (χ4v) is 1.67. The molecule has 0 amide bonds. The zero-order chi connectivity index (χ0) is 14.4. The third-order valence-corrected chi connectivity index (χ3v) is 2.78. The molecule has 0 aliphatic rings. The van der Waals surface area contributed by atoms with Crippen molar-refractivity contribution in [2.75, 3.05) is 0 Å². The van der Waals surface area contributed by atoms with Crippen LogP contribution in [0, 0.1) is 0 Å². The maximum atomic E-state index is 9.11. The summed E-state index contributed by atoms with van der Waals surface area (Å²) in [5, 5.41) is 35.0. The molecule has 5 nitrogen and oxygen atoms in total. The molecule has 0 aliphatic heterocycles. The first kappa shape index (κ1) is 20.5. The van der Waals surface area contributed by atoms with Crippen molar-refractivity contribution in [3.63, 3.8) is 0 Å². The molecule has 109 valence electrons. The van der Waals surface area contributed by atoms with E-state index in [2.05, 4.69) is 6.92 Å². The standard InChI is InChI=1S/C12H26O4.O.V/c1-2-3-4-5-6-7-8-9-10-11(13)12(14,15)16;;/h11,13-16H,2-10H2,1H3;;. The predicted molar refractivity (Wildman–Crippen MR) is 63.3 cm³/mol. The molecule has 18 heavy (non-hydrogen) atoms. The van der Waals surface area contributed by atoms with E-state index in [1.165, 1.54) is 32.1 Å². The van der Waals surface area contributed by atoms with Gasteiger partial charge in [-0.25, -0.2) is 0 Å². The van der Waals surface area contributed by atoms with Crippen molar-refractivity contribution >= 4 is 0 Å². The Morgan fingerprint density at radius 2 is 1.28 bits per heavy atom. The van der Waals surface area contributed by atoms with Gasteiger partial charge in [0.2, 0.25) is 0 Å². The fourth-order valence-electron chi connectivity index (χ4n) is 1.67. The van der Waals surface area contributed by atoms with E-state index in [1.807, 2.05) is 0 Å². The SMILES string of the molecule is CCCCCCCCCCC(O)C(O)(O)O.[O]=[V]. The van der Waals surface area contributed by atoms with E-state index in [0.29, 0.717) is 6.42 Å². The summed E-state index contributed by atoms with van der Waals surface area (Å²) in [5.74, 6) is -2.94. The third-order valence-electron chi connectivity index (χ3n) is 2.78. The van der Waals surface area contributed by atoms with Crippen LogP contribution < -0.4 is 0 Å². The van der Waals surface area contributed by atoms with Gasteiger partial charge in [0, 0.05) is 0 Å². The summed E-state index contributed by atoms with van der Waals surface area (Å²) >= 11 is 1.06. The number of aliphatic hydroxyl groups is 4. The van der Waals surface area contributed by atoms with Crippen LogP contribution in [0.4, 0.5) is 0 Å². The van der Waals surface area contributed by atoms with Gasteiger partial charge in [0.15, 0.2) is 0 Å². The van der Waals surface area contributed by atoms with Gasteiger partial charge in [-0.15, -0.1) is 0 Å². The zero-order valence-electron chi connectivity index (χ0n) is 11.1. The van der Waals surface area contributed by atoms with Gasteiger partial charge in [0.05, 0.1) is 0 Å². The minimum atomic E-state index is -2.94. The van der Waals surface area contributed by atoms with Crippen LogP contribution in [0.25, 0.3) is 0 Å². The van der Waals surface area contributed by atoms with Gasteiger partial charge < -0.3 is 20.4 Å². The van der Waals surface area contributed by atoms with E-state index in [0.717, 1.165) is 30.2 Å². The monoisotopic (exact) mass is 301 g/mol. The number of hydrogen-bond donors (Lipinski definition) is 4. The second-order valence-corrected chi connectivity index (χ2v) is 4.47. The topological polar surface area (TPSA) is 98.0 Å². The molecule has 0 aliphatic carbocycles. The van der Waals surface area contributed by atoms with Crippen LogP contribution in [0.1, 0.15) is 64.7 Å². The Bertz CT molecular complexity index is 172. The van der Waals surface area contributed by atoms with Crippen molar-refractivity contribution < 1.29 is 41.5 Å². The molecular weight excluding hydrogens is 275 g/mol. The Kier molecular flexibility index (Phi) is 15.6. The molecule has 1 atom stereocenters. The van der Waals surface area contributed by atoms with Crippen LogP contribution >= 0.6 is 0 Å². The minimum absolute atomic E-state index is 0.221. The first-order chi connectivity index (χ1) is 8.48. The third kappa shape index (κ3) is 14.3. The fraction of sp³-hybridized carbons (Fsp3) is 1.00. The summed E-state index contributed by atoms with van der Waals surface area (Å²) < 4.78 is 8.19. The quantitative estimate of drug-likeness (QED) is 0.361. The molecule has 0 aromatic rings. The number of hydrogen-bond acceptors (Lipinski definition) is 5. The first-order valence-electron chi connectivity index (χ1n) is 6.52. The average Bonchev–Trinajstić information content (AvgIpc) is 2.33. The average molecular weight is 301 g/mol. The van der Waals surface area contributed by atoms with Gasteiger partial charge in [0.1, 0.15) is 6.10 Å². The van der Waals surface area contributed by atoms with Gasteiger partial charge in [-0.1, -0.05) is 58.3 Å². The van der Waals surface area contributed by atoms with Crippen molar-refractivity contribution in [3.8, 4) is 0 Å². The van der Waals surface area contributed by atoms with Crippen molar-refractivity contribution in [2.24, 2.45) is 0 Å². The Labute approximate surface area is 118 Å². The van der Waals surface area contributed by atoms with E-state index in [4.69, 9.17) is 24.1 Å². The summed E-state index contributed by atoms with van der Waals surface area (Å²) in [6.45, 7) is 2.19. The summed E-state index contributed by atoms with van der Waals surface area (Å²) in [4.78, 5) is 0. The van der Waals surface area contributed by atoms with Crippen LogP contribution in [0.2, 0.25) is 0 Å². The van der Waals surface area contributed by atoms with Gasteiger partial charge in [-0.3, -0.25) is 0 Å². The Morgan fingerprint density at radius 1 is 0.889 bits per heavy atom. The first-order valence-corrected chi connectivity index (χ1v) is 7.09. The molecule has 0 spiro atoms. The summed E-state index contributed by atoms with van der Waals surface area (Å²) in [5.41, 5.74) is 0. The molecule has 4 N–H and O–H groups in total. The normalized spacial score (nSPS) is 12.7. The number of rotatable bonds is 10. The summed E-state index contributed by atoms with van der Waals surface area (Å²) in [6.07, 6.45) is 7.79.